The van der Waals surface area contributed by atoms with Gasteiger partial charge in [0.25, 0.3) is 0 Å². The number of amides is 2. The van der Waals surface area contributed by atoms with Crippen molar-refractivity contribution in [2.24, 2.45) is 5.92 Å². The molecule has 0 aliphatic carbocycles. The van der Waals surface area contributed by atoms with Crippen molar-refractivity contribution in [1.29, 1.82) is 0 Å². The average molecular weight is 460 g/mol. The van der Waals surface area contributed by atoms with Crippen LogP contribution in [0, 0.1) is 5.92 Å². The zero-order valence-corrected chi connectivity index (χ0v) is 18.6. The van der Waals surface area contributed by atoms with Crippen molar-refractivity contribution in [2.45, 2.75) is 25.2 Å². The number of H-pyrrole nitrogens is 1. The van der Waals surface area contributed by atoms with Crippen molar-refractivity contribution in [3.63, 3.8) is 0 Å². The van der Waals surface area contributed by atoms with Crippen LogP contribution in [0.15, 0.2) is 42.9 Å². The molecule has 0 spiro atoms. The minimum Gasteiger partial charge on any atom is -0.465 e. The predicted molar refractivity (Wildman–Crippen MR) is 124 cm³/mol. The molecule has 0 bridgehead atoms. The van der Waals surface area contributed by atoms with Crippen molar-refractivity contribution in [3.8, 4) is 11.1 Å². The maximum atomic E-state index is 13.1. The molecule has 2 aliphatic heterocycles. The number of likely N-dealkylation sites (tertiary alicyclic amines) is 2. The van der Waals surface area contributed by atoms with Crippen LogP contribution in [-0.2, 0) is 4.79 Å². The number of carbonyl (C=O) groups excluding carboxylic acids is 1. The second-order valence-corrected chi connectivity index (χ2v) is 9.12. The second-order valence-electron chi connectivity index (χ2n) is 9.12. The summed E-state index contributed by atoms with van der Waals surface area (Å²) in [6, 6.07) is 8.05. The number of pyridine rings is 1. The average Bonchev–Trinajstić information content (AvgIpc) is 3.61. The number of nitrogens with zero attached hydrogens (tertiary/aromatic N) is 6. The van der Waals surface area contributed by atoms with Crippen LogP contribution in [0.5, 0.6) is 0 Å². The summed E-state index contributed by atoms with van der Waals surface area (Å²) in [5.74, 6) is 0.284. The van der Waals surface area contributed by atoms with Crippen molar-refractivity contribution >= 4 is 28.6 Å². The van der Waals surface area contributed by atoms with Crippen LogP contribution in [0.1, 0.15) is 30.9 Å². The lowest BCUT2D eigenvalue weighted by Gasteiger charge is -2.31. The maximum absolute atomic E-state index is 13.1. The Labute approximate surface area is 195 Å². The van der Waals surface area contributed by atoms with Gasteiger partial charge in [-0.3, -0.25) is 4.79 Å². The Morgan fingerprint density at radius 1 is 1.00 bits per heavy atom. The Balaban J connectivity index is 1.22. The summed E-state index contributed by atoms with van der Waals surface area (Å²) in [5, 5.41) is 18.8. The van der Waals surface area contributed by atoms with E-state index < -0.39 is 6.09 Å². The number of hydrogen-bond acceptors (Lipinski definition) is 5. The van der Waals surface area contributed by atoms with Crippen LogP contribution in [0.2, 0.25) is 0 Å². The molecule has 1 unspecified atom stereocenters. The molecule has 6 rings (SSSR count). The molecule has 10 nitrogen and oxygen atoms in total. The molecule has 2 fully saturated rings. The number of aromatic nitrogens is 5. The zero-order chi connectivity index (χ0) is 23.2. The van der Waals surface area contributed by atoms with E-state index in [0.29, 0.717) is 32.5 Å². The lowest BCUT2D eigenvalue weighted by atomic mass is 9.95. The number of aromatic amines is 1. The third-order valence-corrected chi connectivity index (χ3v) is 7.20. The number of rotatable bonds is 3. The molecule has 174 valence electrons. The summed E-state index contributed by atoms with van der Waals surface area (Å²) >= 11 is 0. The molecule has 1 atom stereocenters. The molecule has 10 heteroatoms. The largest absolute Gasteiger partial charge is 0.465 e. The van der Waals surface area contributed by atoms with E-state index in [0.717, 1.165) is 46.3 Å². The van der Waals surface area contributed by atoms with Crippen LogP contribution in [-0.4, -0.2) is 77.9 Å². The van der Waals surface area contributed by atoms with Gasteiger partial charge in [0.1, 0.15) is 5.65 Å². The summed E-state index contributed by atoms with van der Waals surface area (Å²) in [5.41, 5.74) is 4.89. The summed E-state index contributed by atoms with van der Waals surface area (Å²) < 4.78 is 1.62. The lowest BCUT2D eigenvalue weighted by Crippen LogP contribution is -2.43. The van der Waals surface area contributed by atoms with E-state index in [4.69, 9.17) is 5.11 Å². The summed E-state index contributed by atoms with van der Waals surface area (Å²) in [7, 11) is 0. The molecule has 4 aromatic heterocycles. The Morgan fingerprint density at radius 2 is 1.82 bits per heavy atom. The molecule has 34 heavy (non-hydrogen) atoms. The Kier molecular flexibility index (Phi) is 4.93. The monoisotopic (exact) mass is 459 g/mol. The summed E-state index contributed by atoms with van der Waals surface area (Å²) in [6.45, 7) is 2.25. The quantitative estimate of drug-likeness (QED) is 0.486. The molecule has 4 aromatic rings. The van der Waals surface area contributed by atoms with Gasteiger partial charge in [0.15, 0.2) is 0 Å². The van der Waals surface area contributed by atoms with Crippen LogP contribution in [0.3, 0.4) is 0 Å². The van der Waals surface area contributed by atoms with Gasteiger partial charge in [-0.2, -0.15) is 14.8 Å². The normalized spacial score (nSPS) is 19.4. The molecular formula is C24H25N7O3. The number of hydrogen-bond donors (Lipinski definition) is 2. The van der Waals surface area contributed by atoms with Crippen LogP contribution in [0.25, 0.3) is 27.7 Å². The van der Waals surface area contributed by atoms with Gasteiger partial charge < -0.3 is 19.9 Å². The van der Waals surface area contributed by atoms with E-state index in [2.05, 4.69) is 26.2 Å². The highest BCUT2D eigenvalue weighted by Gasteiger charge is 2.34. The van der Waals surface area contributed by atoms with E-state index >= 15 is 0 Å². The van der Waals surface area contributed by atoms with Crippen LogP contribution >= 0.6 is 0 Å². The fourth-order valence-electron chi connectivity index (χ4n) is 5.33. The standard InChI is InChI=1S/C24H25N7O3/c32-23(15-4-9-29(10-5-15)24(33)34)30-11-6-16(14-30)20-12-18-17(3-8-25-22(18)28-20)19-13-27-31-21(19)2-1-7-26-31/h1-3,7-8,12-13,15-16H,4-6,9-11,14H2,(H,25,28)(H,33,34). The third-order valence-electron chi connectivity index (χ3n) is 7.20. The number of piperidine rings is 1. The Bertz CT molecular complexity index is 1390. The minimum atomic E-state index is -0.903. The molecular weight excluding hydrogens is 434 g/mol. The van der Waals surface area contributed by atoms with E-state index in [1.165, 1.54) is 4.90 Å². The van der Waals surface area contributed by atoms with Crippen molar-refractivity contribution in [2.75, 3.05) is 26.2 Å². The first kappa shape index (κ1) is 20.6. The van der Waals surface area contributed by atoms with Gasteiger partial charge in [-0.1, -0.05) is 0 Å². The molecule has 2 aliphatic rings. The minimum absolute atomic E-state index is 0.0884. The fourth-order valence-corrected chi connectivity index (χ4v) is 5.33. The zero-order valence-electron chi connectivity index (χ0n) is 18.6. The van der Waals surface area contributed by atoms with Gasteiger partial charge in [-0.15, -0.1) is 0 Å². The lowest BCUT2D eigenvalue weighted by molar-refractivity contribution is -0.135. The Hall–Kier alpha value is -3.95. The maximum Gasteiger partial charge on any atom is 0.407 e. The Morgan fingerprint density at radius 3 is 2.65 bits per heavy atom. The van der Waals surface area contributed by atoms with Crippen LogP contribution < -0.4 is 0 Å². The van der Waals surface area contributed by atoms with Crippen LogP contribution in [0.4, 0.5) is 4.79 Å². The van der Waals surface area contributed by atoms with Crippen molar-refractivity contribution < 1.29 is 14.7 Å². The first-order valence-corrected chi connectivity index (χ1v) is 11.6. The van der Waals surface area contributed by atoms with E-state index in [9.17, 15) is 9.59 Å². The highest BCUT2D eigenvalue weighted by molar-refractivity contribution is 5.97. The van der Waals surface area contributed by atoms with Gasteiger partial charge in [-0.25, -0.2) is 9.78 Å². The fraction of sp³-hybridized carbons (Fsp3) is 0.375. The number of nitrogens with one attached hydrogen (secondary N) is 1. The summed E-state index contributed by atoms with van der Waals surface area (Å²) in [6.07, 6.45) is 6.52. The van der Waals surface area contributed by atoms with Gasteiger partial charge in [0.2, 0.25) is 5.91 Å². The molecule has 6 heterocycles. The van der Waals surface area contributed by atoms with E-state index in [-0.39, 0.29) is 17.7 Å². The highest BCUT2D eigenvalue weighted by atomic mass is 16.4. The van der Waals surface area contributed by atoms with Gasteiger partial charge in [0.05, 0.1) is 11.7 Å². The highest BCUT2D eigenvalue weighted by Crippen LogP contribution is 2.35. The smallest absolute Gasteiger partial charge is 0.407 e. The predicted octanol–water partition coefficient (Wildman–Crippen LogP) is 2.98. The molecule has 2 N–H and O–H groups in total. The van der Waals surface area contributed by atoms with Crippen molar-refractivity contribution in [1.82, 2.24) is 34.6 Å². The number of carbonyl (C=O) groups is 2. The number of fused-ring (bicyclic) bond motifs is 2. The number of carboxylic acid groups (broad SMARTS) is 1. The second kappa shape index (κ2) is 8.12. The summed E-state index contributed by atoms with van der Waals surface area (Å²) in [4.78, 5) is 35.6. The topological polar surface area (TPSA) is 120 Å². The third kappa shape index (κ3) is 3.46. The van der Waals surface area contributed by atoms with E-state index in [1.54, 1.807) is 17.0 Å². The van der Waals surface area contributed by atoms with E-state index in [1.807, 2.05) is 29.3 Å². The first-order valence-electron chi connectivity index (χ1n) is 11.6. The SMILES string of the molecule is O=C(O)N1CCC(C(=O)N2CCC(c3cc4c(-c5cnn6ncccc56)ccnc4[nH]3)C2)CC1. The molecule has 0 aromatic carbocycles. The molecule has 0 radical (unpaired) electrons. The van der Waals surface area contributed by atoms with Gasteiger partial charge in [0, 0.05) is 67.1 Å². The van der Waals surface area contributed by atoms with Crippen molar-refractivity contribution in [3.05, 3.63) is 48.5 Å². The van der Waals surface area contributed by atoms with Gasteiger partial charge in [-0.05, 0) is 49.1 Å². The molecule has 0 saturated carbocycles. The first-order chi connectivity index (χ1) is 16.6. The van der Waals surface area contributed by atoms with Gasteiger partial charge >= 0.3 is 6.09 Å². The molecule has 2 saturated heterocycles. The molecule has 2 amide bonds.